The standard InChI is InChI=1S/C25H34BrN3O5S/c1-5-7-15-27-25(31)23(6-2)28(17-19-9-8-10-22(16-19)34-3)24(30)18-29(35(4,32)33)21-13-11-20(26)12-14-21/h8-14,16,23H,5-7,15,17-18H2,1-4H3,(H,27,31). The number of nitrogens with zero attached hydrogens (tertiary/aromatic N) is 2. The second-order valence-corrected chi connectivity index (χ2v) is 11.0. The minimum atomic E-state index is -3.76. The van der Waals surface area contributed by atoms with Crippen molar-refractivity contribution in [3.63, 3.8) is 0 Å². The molecule has 1 atom stereocenters. The first kappa shape index (κ1) is 28.6. The molecule has 0 saturated heterocycles. The predicted molar refractivity (Wildman–Crippen MR) is 142 cm³/mol. The van der Waals surface area contributed by atoms with Crippen LogP contribution in [0.4, 0.5) is 5.69 Å². The van der Waals surface area contributed by atoms with Crippen LogP contribution in [-0.4, -0.2) is 57.6 Å². The summed E-state index contributed by atoms with van der Waals surface area (Å²) in [6.45, 7) is 4.08. The summed E-state index contributed by atoms with van der Waals surface area (Å²) in [6, 6.07) is 13.2. The highest BCUT2D eigenvalue weighted by Gasteiger charge is 2.31. The Morgan fingerprint density at radius 3 is 2.37 bits per heavy atom. The first-order valence-corrected chi connectivity index (χ1v) is 14.2. The summed E-state index contributed by atoms with van der Waals surface area (Å²) < 4.78 is 32.4. The van der Waals surface area contributed by atoms with Crippen LogP contribution in [-0.2, 0) is 26.2 Å². The molecule has 10 heteroatoms. The number of hydrogen-bond acceptors (Lipinski definition) is 5. The molecule has 2 amide bonds. The van der Waals surface area contributed by atoms with Gasteiger partial charge in [0.05, 0.1) is 19.1 Å². The number of rotatable bonds is 13. The van der Waals surface area contributed by atoms with Crippen molar-refractivity contribution in [3.8, 4) is 5.75 Å². The molecule has 1 unspecified atom stereocenters. The lowest BCUT2D eigenvalue weighted by Gasteiger charge is -2.33. The molecular weight excluding hydrogens is 534 g/mol. The Balaban J connectivity index is 2.40. The van der Waals surface area contributed by atoms with Gasteiger partial charge in [0.25, 0.3) is 0 Å². The number of carbonyl (C=O) groups is 2. The molecule has 8 nitrogen and oxygen atoms in total. The molecule has 0 fully saturated rings. The molecule has 0 aliphatic rings. The van der Waals surface area contributed by atoms with Crippen LogP contribution in [0.25, 0.3) is 0 Å². The smallest absolute Gasteiger partial charge is 0.244 e. The van der Waals surface area contributed by atoms with E-state index in [1.54, 1.807) is 43.5 Å². The minimum absolute atomic E-state index is 0.133. The Labute approximate surface area is 216 Å². The average molecular weight is 569 g/mol. The molecule has 0 aliphatic carbocycles. The average Bonchev–Trinajstić information content (AvgIpc) is 2.82. The van der Waals surface area contributed by atoms with Gasteiger partial charge in [-0.1, -0.05) is 48.3 Å². The van der Waals surface area contributed by atoms with Crippen molar-refractivity contribution < 1.29 is 22.7 Å². The monoisotopic (exact) mass is 567 g/mol. The number of sulfonamides is 1. The van der Waals surface area contributed by atoms with Crippen molar-refractivity contribution >= 4 is 43.5 Å². The van der Waals surface area contributed by atoms with Gasteiger partial charge in [0.15, 0.2) is 0 Å². The van der Waals surface area contributed by atoms with Crippen molar-refractivity contribution in [2.75, 3.05) is 30.8 Å². The van der Waals surface area contributed by atoms with E-state index in [1.165, 1.54) is 4.90 Å². The number of hydrogen-bond donors (Lipinski definition) is 1. The minimum Gasteiger partial charge on any atom is -0.497 e. The number of nitrogens with one attached hydrogen (secondary N) is 1. The second kappa shape index (κ2) is 13.5. The summed E-state index contributed by atoms with van der Waals surface area (Å²) in [5.74, 6) is -0.103. The molecule has 1 N–H and O–H groups in total. The second-order valence-electron chi connectivity index (χ2n) is 8.19. The Hall–Kier alpha value is -2.59. The zero-order valence-electron chi connectivity index (χ0n) is 20.7. The summed E-state index contributed by atoms with van der Waals surface area (Å²) in [7, 11) is -2.21. The molecule has 2 aromatic carbocycles. The van der Waals surface area contributed by atoms with Crippen LogP contribution in [0.15, 0.2) is 53.0 Å². The van der Waals surface area contributed by atoms with Gasteiger partial charge < -0.3 is 15.0 Å². The van der Waals surface area contributed by atoms with Gasteiger partial charge in [0.2, 0.25) is 21.8 Å². The number of carbonyl (C=O) groups excluding carboxylic acids is 2. The Morgan fingerprint density at radius 2 is 1.80 bits per heavy atom. The van der Waals surface area contributed by atoms with Gasteiger partial charge in [-0.05, 0) is 54.8 Å². The van der Waals surface area contributed by atoms with E-state index in [0.717, 1.165) is 33.4 Å². The van der Waals surface area contributed by atoms with E-state index < -0.39 is 28.5 Å². The van der Waals surface area contributed by atoms with Gasteiger partial charge in [0, 0.05) is 17.6 Å². The maximum Gasteiger partial charge on any atom is 0.244 e. The van der Waals surface area contributed by atoms with E-state index in [2.05, 4.69) is 21.2 Å². The number of benzene rings is 2. The highest BCUT2D eigenvalue weighted by Crippen LogP contribution is 2.22. The quantitative estimate of drug-likeness (QED) is 0.370. The molecule has 0 saturated carbocycles. The van der Waals surface area contributed by atoms with Gasteiger partial charge >= 0.3 is 0 Å². The molecule has 2 aromatic rings. The van der Waals surface area contributed by atoms with E-state index in [-0.39, 0.29) is 12.5 Å². The summed E-state index contributed by atoms with van der Waals surface area (Å²) in [4.78, 5) is 28.1. The molecule has 0 aliphatic heterocycles. The molecular formula is C25H34BrN3O5S. The van der Waals surface area contributed by atoms with Gasteiger partial charge in [-0.3, -0.25) is 13.9 Å². The van der Waals surface area contributed by atoms with Crippen LogP contribution in [0.3, 0.4) is 0 Å². The van der Waals surface area contributed by atoms with E-state index in [1.807, 2.05) is 26.0 Å². The summed E-state index contributed by atoms with van der Waals surface area (Å²) in [5.41, 5.74) is 1.14. The summed E-state index contributed by atoms with van der Waals surface area (Å²) >= 11 is 3.34. The maximum absolute atomic E-state index is 13.6. The first-order valence-electron chi connectivity index (χ1n) is 11.5. The molecule has 0 bridgehead atoms. The number of ether oxygens (including phenoxy) is 1. The zero-order valence-corrected chi connectivity index (χ0v) is 23.1. The van der Waals surface area contributed by atoms with Gasteiger partial charge in [0.1, 0.15) is 18.3 Å². The fourth-order valence-corrected chi connectivity index (χ4v) is 4.73. The Morgan fingerprint density at radius 1 is 1.11 bits per heavy atom. The molecule has 0 radical (unpaired) electrons. The van der Waals surface area contributed by atoms with E-state index in [4.69, 9.17) is 4.74 Å². The van der Waals surface area contributed by atoms with Gasteiger partial charge in [-0.25, -0.2) is 8.42 Å². The molecule has 0 spiro atoms. The highest BCUT2D eigenvalue weighted by molar-refractivity contribution is 9.10. The number of halogens is 1. The van der Waals surface area contributed by atoms with Crippen molar-refractivity contribution in [3.05, 3.63) is 58.6 Å². The third-order valence-corrected chi connectivity index (χ3v) is 7.17. The van der Waals surface area contributed by atoms with Crippen LogP contribution < -0.4 is 14.4 Å². The lowest BCUT2D eigenvalue weighted by Crippen LogP contribution is -2.52. The fourth-order valence-electron chi connectivity index (χ4n) is 3.61. The normalized spacial score (nSPS) is 12.0. The van der Waals surface area contributed by atoms with E-state index in [0.29, 0.717) is 24.4 Å². The fraction of sp³-hybridized carbons (Fsp3) is 0.440. The zero-order chi connectivity index (χ0) is 26.0. The Kier molecular flexibility index (Phi) is 11.0. The largest absolute Gasteiger partial charge is 0.497 e. The third kappa shape index (κ3) is 8.54. The van der Waals surface area contributed by atoms with Crippen molar-refractivity contribution in [2.45, 2.75) is 45.7 Å². The van der Waals surface area contributed by atoms with Crippen LogP contribution in [0, 0.1) is 0 Å². The molecule has 192 valence electrons. The van der Waals surface area contributed by atoms with Gasteiger partial charge in [-0.2, -0.15) is 0 Å². The van der Waals surface area contributed by atoms with E-state index >= 15 is 0 Å². The van der Waals surface area contributed by atoms with Crippen LogP contribution in [0.1, 0.15) is 38.7 Å². The van der Waals surface area contributed by atoms with Crippen molar-refractivity contribution in [2.24, 2.45) is 0 Å². The van der Waals surface area contributed by atoms with Crippen LogP contribution >= 0.6 is 15.9 Å². The first-order chi connectivity index (χ1) is 16.6. The topological polar surface area (TPSA) is 96.0 Å². The SMILES string of the molecule is CCCCNC(=O)C(CC)N(Cc1cccc(OC)c1)C(=O)CN(c1ccc(Br)cc1)S(C)(=O)=O. The summed E-state index contributed by atoms with van der Waals surface area (Å²) in [6.07, 6.45) is 3.20. The lowest BCUT2D eigenvalue weighted by molar-refractivity contribution is -0.140. The van der Waals surface area contributed by atoms with Gasteiger partial charge in [-0.15, -0.1) is 0 Å². The van der Waals surface area contributed by atoms with Crippen molar-refractivity contribution in [1.82, 2.24) is 10.2 Å². The van der Waals surface area contributed by atoms with Crippen LogP contribution in [0.5, 0.6) is 5.75 Å². The Bertz CT molecular complexity index is 1090. The number of methoxy groups -OCH3 is 1. The molecule has 0 aromatic heterocycles. The lowest BCUT2D eigenvalue weighted by atomic mass is 10.1. The molecule has 2 rings (SSSR count). The third-order valence-electron chi connectivity index (χ3n) is 5.50. The number of unbranched alkanes of at least 4 members (excludes halogenated alkanes) is 1. The maximum atomic E-state index is 13.6. The predicted octanol–water partition coefficient (Wildman–Crippen LogP) is 3.95. The van der Waals surface area contributed by atoms with Crippen LogP contribution in [0.2, 0.25) is 0 Å². The van der Waals surface area contributed by atoms with E-state index in [9.17, 15) is 18.0 Å². The number of amides is 2. The highest BCUT2D eigenvalue weighted by atomic mass is 79.9. The molecule has 0 heterocycles. The molecule has 35 heavy (non-hydrogen) atoms. The van der Waals surface area contributed by atoms with Crippen molar-refractivity contribution in [1.29, 1.82) is 0 Å². The summed E-state index contributed by atoms with van der Waals surface area (Å²) in [5, 5.41) is 2.91. The number of anilines is 1.